The number of piperazine rings is 1. The van der Waals surface area contributed by atoms with Crippen LogP contribution in [0.1, 0.15) is 5.56 Å². The molecule has 1 fully saturated rings. The van der Waals surface area contributed by atoms with Crippen LogP contribution < -0.4 is 0 Å². The van der Waals surface area contributed by atoms with E-state index in [1.165, 1.54) is 5.56 Å². The monoisotopic (exact) mass is 275 g/mol. The molecule has 20 heavy (non-hydrogen) atoms. The first-order chi connectivity index (χ1) is 9.65. The zero-order valence-electron chi connectivity index (χ0n) is 11.1. The lowest BCUT2D eigenvalue weighted by Gasteiger charge is -2.34. The Bertz CT molecular complexity index is 494. The molecule has 0 aromatic carbocycles. The van der Waals surface area contributed by atoms with Crippen molar-refractivity contribution in [3.05, 3.63) is 42.2 Å². The summed E-state index contributed by atoms with van der Waals surface area (Å²) in [7, 11) is 0. The highest BCUT2D eigenvalue weighted by Crippen LogP contribution is 2.08. The molecular weight excluding hydrogens is 258 g/mol. The first-order valence-electron chi connectivity index (χ1n) is 6.46. The molecule has 6 heteroatoms. The minimum Gasteiger partial charge on any atom is -0.478 e. The summed E-state index contributed by atoms with van der Waals surface area (Å²) in [6, 6.07) is 3.96. The first-order valence-corrected chi connectivity index (χ1v) is 6.46. The van der Waals surface area contributed by atoms with Crippen LogP contribution in [0.25, 0.3) is 0 Å². The molecule has 1 saturated heterocycles. The van der Waals surface area contributed by atoms with Gasteiger partial charge in [0.2, 0.25) is 5.91 Å². The van der Waals surface area contributed by atoms with Crippen LogP contribution in [0, 0.1) is 0 Å². The normalized spacial score (nSPS) is 16.5. The SMILES string of the molecule is O=C(O)/C=C/C(=O)N1CCN(Cc2ccncc2)CC1. The number of carbonyl (C=O) groups is 2. The summed E-state index contributed by atoms with van der Waals surface area (Å²) in [4.78, 5) is 30.0. The van der Waals surface area contributed by atoms with Gasteiger partial charge in [-0.15, -0.1) is 0 Å². The van der Waals surface area contributed by atoms with E-state index in [1.54, 1.807) is 17.3 Å². The van der Waals surface area contributed by atoms with Crippen molar-refractivity contribution in [2.45, 2.75) is 6.54 Å². The smallest absolute Gasteiger partial charge is 0.328 e. The fraction of sp³-hybridized carbons (Fsp3) is 0.357. The lowest BCUT2D eigenvalue weighted by molar-refractivity contribution is -0.132. The van der Waals surface area contributed by atoms with E-state index < -0.39 is 5.97 Å². The summed E-state index contributed by atoms with van der Waals surface area (Å²) >= 11 is 0. The number of carbonyl (C=O) groups excluding carboxylic acids is 1. The van der Waals surface area contributed by atoms with E-state index in [0.29, 0.717) is 13.1 Å². The number of carboxylic acid groups (broad SMARTS) is 1. The Morgan fingerprint density at radius 1 is 1.15 bits per heavy atom. The standard InChI is InChI=1S/C14H17N3O3/c18-13(1-2-14(19)20)17-9-7-16(8-10-17)11-12-3-5-15-6-4-12/h1-6H,7-11H2,(H,19,20)/b2-1+. The topological polar surface area (TPSA) is 73.7 Å². The van der Waals surface area contributed by atoms with Crippen molar-refractivity contribution < 1.29 is 14.7 Å². The number of nitrogens with zero attached hydrogens (tertiary/aromatic N) is 3. The van der Waals surface area contributed by atoms with Crippen molar-refractivity contribution in [3.8, 4) is 0 Å². The quantitative estimate of drug-likeness (QED) is 0.803. The van der Waals surface area contributed by atoms with Crippen LogP contribution in [0.15, 0.2) is 36.7 Å². The molecule has 1 aromatic heterocycles. The summed E-state index contributed by atoms with van der Waals surface area (Å²) < 4.78 is 0. The molecule has 0 aliphatic carbocycles. The van der Waals surface area contributed by atoms with E-state index in [4.69, 9.17) is 5.11 Å². The third kappa shape index (κ3) is 4.17. The van der Waals surface area contributed by atoms with Gasteiger partial charge in [0.05, 0.1) is 0 Å². The molecule has 1 amide bonds. The second kappa shape index (κ2) is 6.81. The fourth-order valence-electron chi connectivity index (χ4n) is 2.12. The molecule has 2 rings (SSSR count). The predicted molar refractivity (Wildman–Crippen MR) is 72.9 cm³/mol. The maximum atomic E-state index is 11.7. The third-order valence-electron chi connectivity index (χ3n) is 3.21. The van der Waals surface area contributed by atoms with E-state index in [9.17, 15) is 9.59 Å². The number of hydrogen-bond acceptors (Lipinski definition) is 4. The molecule has 1 aliphatic heterocycles. The molecule has 0 saturated carbocycles. The summed E-state index contributed by atoms with van der Waals surface area (Å²) in [5, 5.41) is 8.50. The van der Waals surface area contributed by atoms with Crippen LogP contribution in [0.4, 0.5) is 0 Å². The molecule has 0 unspecified atom stereocenters. The van der Waals surface area contributed by atoms with Crippen LogP contribution in [0.3, 0.4) is 0 Å². The molecule has 0 spiro atoms. The van der Waals surface area contributed by atoms with E-state index in [1.807, 2.05) is 12.1 Å². The maximum Gasteiger partial charge on any atom is 0.328 e. The Hall–Kier alpha value is -2.21. The summed E-state index contributed by atoms with van der Waals surface area (Å²) in [6.07, 6.45) is 5.53. The average molecular weight is 275 g/mol. The predicted octanol–water partition coefficient (Wildman–Crippen LogP) is 0.367. The summed E-state index contributed by atoms with van der Waals surface area (Å²) in [5.41, 5.74) is 1.20. The molecule has 0 atom stereocenters. The Labute approximate surface area is 117 Å². The Balaban J connectivity index is 1.80. The number of hydrogen-bond donors (Lipinski definition) is 1. The van der Waals surface area contributed by atoms with Gasteiger partial charge >= 0.3 is 5.97 Å². The van der Waals surface area contributed by atoms with E-state index >= 15 is 0 Å². The highest BCUT2D eigenvalue weighted by Gasteiger charge is 2.19. The number of aliphatic carboxylic acids is 1. The molecule has 2 heterocycles. The molecule has 0 bridgehead atoms. The lowest BCUT2D eigenvalue weighted by Crippen LogP contribution is -2.47. The minimum atomic E-state index is -1.10. The largest absolute Gasteiger partial charge is 0.478 e. The van der Waals surface area contributed by atoms with Gasteiger partial charge in [0.15, 0.2) is 0 Å². The molecule has 1 N–H and O–H groups in total. The van der Waals surface area contributed by atoms with Crippen molar-refractivity contribution in [3.63, 3.8) is 0 Å². The van der Waals surface area contributed by atoms with Crippen molar-refractivity contribution in [2.75, 3.05) is 26.2 Å². The Kier molecular flexibility index (Phi) is 4.84. The molecule has 106 valence electrons. The Morgan fingerprint density at radius 2 is 1.80 bits per heavy atom. The van der Waals surface area contributed by atoms with Crippen molar-refractivity contribution in [2.24, 2.45) is 0 Å². The van der Waals surface area contributed by atoms with E-state index in [0.717, 1.165) is 31.8 Å². The highest BCUT2D eigenvalue weighted by molar-refractivity contribution is 5.93. The molecular formula is C14H17N3O3. The maximum absolute atomic E-state index is 11.7. The van der Waals surface area contributed by atoms with Crippen LogP contribution in [-0.4, -0.2) is 57.9 Å². The highest BCUT2D eigenvalue weighted by atomic mass is 16.4. The van der Waals surface area contributed by atoms with Crippen LogP contribution in [0.5, 0.6) is 0 Å². The van der Waals surface area contributed by atoms with E-state index in [2.05, 4.69) is 9.88 Å². The number of aromatic nitrogens is 1. The van der Waals surface area contributed by atoms with Gasteiger partial charge in [-0.1, -0.05) is 0 Å². The van der Waals surface area contributed by atoms with Gasteiger partial charge < -0.3 is 10.0 Å². The third-order valence-corrected chi connectivity index (χ3v) is 3.21. The zero-order valence-corrected chi connectivity index (χ0v) is 11.1. The van der Waals surface area contributed by atoms with Gasteiger partial charge in [0.25, 0.3) is 0 Å². The van der Waals surface area contributed by atoms with Crippen LogP contribution in [-0.2, 0) is 16.1 Å². The van der Waals surface area contributed by atoms with Crippen LogP contribution >= 0.6 is 0 Å². The lowest BCUT2D eigenvalue weighted by atomic mass is 10.2. The Morgan fingerprint density at radius 3 is 2.40 bits per heavy atom. The van der Waals surface area contributed by atoms with Gasteiger partial charge in [0.1, 0.15) is 0 Å². The first kappa shape index (κ1) is 14.2. The number of rotatable bonds is 4. The second-order valence-corrected chi connectivity index (χ2v) is 4.63. The number of amides is 1. The fourth-order valence-corrected chi connectivity index (χ4v) is 2.12. The van der Waals surface area contributed by atoms with Gasteiger partial charge in [-0.25, -0.2) is 4.79 Å². The minimum absolute atomic E-state index is 0.240. The molecule has 1 aromatic rings. The number of pyridine rings is 1. The summed E-state index contributed by atoms with van der Waals surface area (Å²) in [6.45, 7) is 3.65. The molecule has 0 radical (unpaired) electrons. The van der Waals surface area contributed by atoms with Gasteiger partial charge in [-0.2, -0.15) is 0 Å². The van der Waals surface area contributed by atoms with Gasteiger partial charge in [0, 0.05) is 57.3 Å². The second-order valence-electron chi connectivity index (χ2n) is 4.63. The van der Waals surface area contributed by atoms with Crippen LogP contribution in [0.2, 0.25) is 0 Å². The molecule has 1 aliphatic rings. The van der Waals surface area contributed by atoms with Crippen molar-refractivity contribution >= 4 is 11.9 Å². The van der Waals surface area contributed by atoms with Crippen molar-refractivity contribution in [1.82, 2.24) is 14.8 Å². The van der Waals surface area contributed by atoms with Crippen molar-refractivity contribution in [1.29, 1.82) is 0 Å². The zero-order chi connectivity index (χ0) is 14.4. The van der Waals surface area contributed by atoms with Gasteiger partial charge in [-0.3, -0.25) is 14.7 Å². The molecule has 6 nitrogen and oxygen atoms in total. The van der Waals surface area contributed by atoms with Gasteiger partial charge in [-0.05, 0) is 17.7 Å². The van der Waals surface area contributed by atoms with E-state index in [-0.39, 0.29) is 5.91 Å². The summed E-state index contributed by atoms with van der Waals surface area (Å²) in [5.74, 6) is -1.34. The number of carboxylic acids is 1. The average Bonchev–Trinajstić information content (AvgIpc) is 2.46.